The zero-order chi connectivity index (χ0) is 15.2. The fourth-order valence-corrected chi connectivity index (χ4v) is 3.78. The summed E-state index contributed by atoms with van der Waals surface area (Å²) in [4.78, 5) is 16.5. The summed E-state index contributed by atoms with van der Waals surface area (Å²) in [5.74, 6) is 3.15. The number of rotatable bonds is 5. The molecule has 120 valence electrons. The van der Waals surface area contributed by atoms with Crippen molar-refractivity contribution in [2.75, 3.05) is 31.3 Å². The van der Waals surface area contributed by atoms with Crippen LogP contribution in [0.15, 0.2) is 18.3 Å². The topological polar surface area (TPSA) is 60.5 Å². The van der Waals surface area contributed by atoms with E-state index in [-0.39, 0.29) is 12.0 Å². The Balaban J connectivity index is 1.52. The molecule has 2 aliphatic rings. The van der Waals surface area contributed by atoms with Gasteiger partial charge in [-0.25, -0.2) is 4.98 Å². The molecule has 0 bridgehead atoms. The highest BCUT2D eigenvalue weighted by Crippen LogP contribution is 2.22. The molecule has 1 aromatic heterocycles. The SMILES string of the molecule is O=C(NCC1CCOCC1)c1ccnc(OC2CCSC2)c1. The summed E-state index contributed by atoms with van der Waals surface area (Å²) < 4.78 is 11.2. The summed E-state index contributed by atoms with van der Waals surface area (Å²) in [5.41, 5.74) is 0.614. The zero-order valence-corrected chi connectivity index (χ0v) is 13.4. The number of hydrogen-bond acceptors (Lipinski definition) is 5. The van der Waals surface area contributed by atoms with Crippen LogP contribution in [0.4, 0.5) is 0 Å². The molecular weight excluding hydrogens is 300 g/mol. The lowest BCUT2D eigenvalue weighted by Crippen LogP contribution is -2.32. The lowest BCUT2D eigenvalue weighted by molar-refractivity contribution is 0.0642. The molecule has 2 fully saturated rings. The lowest BCUT2D eigenvalue weighted by atomic mass is 10.0. The van der Waals surface area contributed by atoms with Crippen LogP contribution in [-0.4, -0.2) is 48.3 Å². The third-order valence-corrected chi connectivity index (χ3v) is 5.20. The third kappa shape index (κ3) is 4.36. The van der Waals surface area contributed by atoms with Crippen LogP contribution in [0.1, 0.15) is 29.6 Å². The van der Waals surface area contributed by atoms with Crippen molar-refractivity contribution in [3.05, 3.63) is 23.9 Å². The fourth-order valence-electron chi connectivity index (χ4n) is 2.68. The monoisotopic (exact) mass is 322 g/mol. The average Bonchev–Trinajstić information content (AvgIpc) is 3.07. The molecule has 5 nitrogen and oxygen atoms in total. The van der Waals surface area contributed by atoms with Crippen LogP contribution in [0.3, 0.4) is 0 Å². The maximum Gasteiger partial charge on any atom is 0.251 e. The average molecular weight is 322 g/mol. The molecule has 2 aliphatic heterocycles. The molecule has 22 heavy (non-hydrogen) atoms. The van der Waals surface area contributed by atoms with Crippen molar-refractivity contribution in [3.8, 4) is 5.88 Å². The van der Waals surface area contributed by atoms with Crippen molar-refractivity contribution in [2.24, 2.45) is 5.92 Å². The maximum absolute atomic E-state index is 12.2. The van der Waals surface area contributed by atoms with E-state index in [1.165, 1.54) is 0 Å². The van der Waals surface area contributed by atoms with Gasteiger partial charge in [-0.3, -0.25) is 4.79 Å². The number of pyridine rings is 1. The summed E-state index contributed by atoms with van der Waals surface area (Å²) in [6, 6.07) is 3.47. The van der Waals surface area contributed by atoms with Gasteiger partial charge in [-0.05, 0) is 37.0 Å². The Morgan fingerprint density at radius 2 is 2.27 bits per heavy atom. The first-order valence-electron chi connectivity index (χ1n) is 7.87. The van der Waals surface area contributed by atoms with Gasteiger partial charge < -0.3 is 14.8 Å². The van der Waals surface area contributed by atoms with E-state index in [2.05, 4.69) is 10.3 Å². The number of hydrogen-bond donors (Lipinski definition) is 1. The van der Waals surface area contributed by atoms with E-state index in [4.69, 9.17) is 9.47 Å². The molecule has 0 aromatic carbocycles. The fraction of sp³-hybridized carbons (Fsp3) is 0.625. The summed E-state index contributed by atoms with van der Waals surface area (Å²) in [6.07, 6.45) is 4.94. The number of nitrogens with one attached hydrogen (secondary N) is 1. The van der Waals surface area contributed by atoms with Crippen molar-refractivity contribution < 1.29 is 14.3 Å². The maximum atomic E-state index is 12.2. The molecule has 1 aromatic rings. The van der Waals surface area contributed by atoms with Gasteiger partial charge in [0, 0.05) is 43.3 Å². The van der Waals surface area contributed by atoms with E-state index >= 15 is 0 Å². The van der Waals surface area contributed by atoms with Gasteiger partial charge in [-0.15, -0.1) is 0 Å². The Bertz CT molecular complexity index is 500. The minimum absolute atomic E-state index is 0.0560. The van der Waals surface area contributed by atoms with E-state index in [0.29, 0.717) is 23.9 Å². The Morgan fingerprint density at radius 3 is 3.05 bits per heavy atom. The molecule has 2 saturated heterocycles. The normalized spacial score (nSPS) is 22.5. The largest absolute Gasteiger partial charge is 0.473 e. The van der Waals surface area contributed by atoms with E-state index in [9.17, 15) is 4.79 Å². The van der Waals surface area contributed by atoms with Gasteiger partial charge in [0.05, 0.1) is 0 Å². The first-order chi connectivity index (χ1) is 10.8. The van der Waals surface area contributed by atoms with Crippen LogP contribution < -0.4 is 10.1 Å². The highest BCUT2D eigenvalue weighted by molar-refractivity contribution is 7.99. The van der Waals surface area contributed by atoms with Gasteiger partial charge in [0.15, 0.2) is 0 Å². The van der Waals surface area contributed by atoms with Crippen molar-refractivity contribution in [3.63, 3.8) is 0 Å². The zero-order valence-electron chi connectivity index (χ0n) is 12.6. The van der Waals surface area contributed by atoms with Crippen molar-refractivity contribution in [1.82, 2.24) is 10.3 Å². The molecular formula is C16H22N2O3S. The van der Waals surface area contributed by atoms with Crippen molar-refractivity contribution in [1.29, 1.82) is 0 Å². The van der Waals surface area contributed by atoms with E-state index in [0.717, 1.165) is 44.0 Å². The number of carbonyl (C=O) groups is 1. The van der Waals surface area contributed by atoms with E-state index in [1.807, 2.05) is 11.8 Å². The Kier molecular flexibility index (Phi) is 5.56. The van der Waals surface area contributed by atoms with E-state index < -0.39 is 0 Å². The van der Waals surface area contributed by atoms with Crippen LogP contribution >= 0.6 is 11.8 Å². The molecule has 0 radical (unpaired) electrons. The number of amides is 1. The Morgan fingerprint density at radius 1 is 1.41 bits per heavy atom. The van der Waals surface area contributed by atoms with Crippen LogP contribution in [0.5, 0.6) is 5.88 Å². The van der Waals surface area contributed by atoms with Gasteiger partial charge in [-0.2, -0.15) is 11.8 Å². The third-order valence-electron chi connectivity index (χ3n) is 4.06. The minimum Gasteiger partial charge on any atom is -0.473 e. The molecule has 1 amide bonds. The predicted molar refractivity (Wildman–Crippen MR) is 86.5 cm³/mol. The molecule has 3 heterocycles. The Labute approximate surface area is 135 Å². The molecule has 1 atom stereocenters. The summed E-state index contributed by atoms with van der Waals surface area (Å²) in [6.45, 7) is 2.31. The van der Waals surface area contributed by atoms with Crippen molar-refractivity contribution >= 4 is 17.7 Å². The molecule has 3 rings (SSSR count). The van der Waals surface area contributed by atoms with Gasteiger partial charge in [0.2, 0.25) is 5.88 Å². The van der Waals surface area contributed by atoms with E-state index in [1.54, 1.807) is 18.3 Å². The van der Waals surface area contributed by atoms with Gasteiger partial charge >= 0.3 is 0 Å². The standard InChI is InChI=1S/C16H22N2O3S/c19-16(18-10-12-2-6-20-7-3-12)13-1-5-17-15(9-13)21-14-4-8-22-11-14/h1,5,9,12,14H,2-4,6-8,10-11H2,(H,18,19). The highest BCUT2D eigenvalue weighted by atomic mass is 32.2. The summed E-state index contributed by atoms with van der Waals surface area (Å²) in [7, 11) is 0. The van der Waals surface area contributed by atoms with Gasteiger partial charge in [0.1, 0.15) is 6.10 Å². The number of aromatic nitrogens is 1. The van der Waals surface area contributed by atoms with Crippen LogP contribution in [0.2, 0.25) is 0 Å². The lowest BCUT2D eigenvalue weighted by Gasteiger charge is -2.22. The van der Waals surface area contributed by atoms with Gasteiger partial charge in [0.25, 0.3) is 5.91 Å². The Hall–Kier alpha value is -1.27. The van der Waals surface area contributed by atoms with Gasteiger partial charge in [-0.1, -0.05) is 0 Å². The number of carbonyl (C=O) groups excluding carboxylic acids is 1. The quantitative estimate of drug-likeness (QED) is 0.900. The summed E-state index contributed by atoms with van der Waals surface area (Å²) in [5, 5.41) is 3.01. The second-order valence-corrected chi connectivity index (χ2v) is 6.90. The molecule has 6 heteroatoms. The molecule has 0 aliphatic carbocycles. The smallest absolute Gasteiger partial charge is 0.251 e. The minimum atomic E-state index is -0.0560. The second kappa shape index (κ2) is 7.83. The predicted octanol–water partition coefficient (Wildman–Crippen LogP) is 2.12. The van der Waals surface area contributed by atoms with Crippen LogP contribution in [-0.2, 0) is 4.74 Å². The van der Waals surface area contributed by atoms with Crippen LogP contribution in [0, 0.1) is 5.92 Å². The highest BCUT2D eigenvalue weighted by Gasteiger charge is 2.19. The number of nitrogens with zero attached hydrogens (tertiary/aromatic N) is 1. The van der Waals surface area contributed by atoms with Crippen molar-refractivity contribution in [2.45, 2.75) is 25.4 Å². The van der Waals surface area contributed by atoms with Crippen LogP contribution in [0.25, 0.3) is 0 Å². The molecule has 0 spiro atoms. The number of thioether (sulfide) groups is 1. The second-order valence-electron chi connectivity index (χ2n) is 5.75. The first-order valence-corrected chi connectivity index (χ1v) is 9.03. The first kappa shape index (κ1) is 15.6. The molecule has 1 N–H and O–H groups in total. The molecule has 0 saturated carbocycles. The molecule has 1 unspecified atom stereocenters. The summed E-state index contributed by atoms with van der Waals surface area (Å²) >= 11 is 1.89. The number of ether oxygens (including phenoxy) is 2.